The third-order valence-corrected chi connectivity index (χ3v) is 3.94. The van der Waals surface area contributed by atoms with Crippen molar-refractivity contribution in [2.75, 3.05) is 6.54 Å². The van der Waals surface area contributed by atoms with Crippen LogP contribution in [0.15, 0.2) is 35.7 Å². The molecule has 0 bridgehead atoms. The minimum absolute atomic E-state index is 0.121. The molecular formula is C15H12F3NO2S. The molecule has 1 aromatic heterocycles. The summed E-state index contributed by atoms with van der Waals surface area (Å²) in [7, 11) is 0. The van der Waals surface area contributed by atoms with Gasteiger partial charge in [-0.15, -0.1) is 11.3 Å². The first-order valence-corrected chi connectivity index (χ1v) is 7.19. The van der Waals surface area contributed by atoms with Gasteiger partial charge in [0.25, 0.3) is 5.91 Å². The summed E-state index contributed by atoms with van der Waals surface area (Å²) in [5, 5.41) is 4.27. The van der Waals surface area contributed by atoms with Crippen molar-refractivity contribution in [1.29, 1.82) is 0 Å². The van der Waals surface area contributed by atoms with Crippen molar-refractivity contribution in [2.45, 2.75) is 13.1 Å². The van der Waals surface area contributed by atoms with E-state index in [2.05, 4.69) is 5.32 Å². The third kappa shape index (κ3) is 3.94. The largest absolute Gasteiger partial charge is 0.416 e. The smallest absolute Gasteiger partial charge is 0.344 e. The molecule has 1 N–H and O–H groups in total. The lowest BCUT2D eigenvalue weighted by Gasteiger charge is -2.07. The highest BCUT2D eigenvalue weighted by Crippen LogP contribution is 2.29. The van der Waals surface area contributed by atoms with Crippen molar-refractivity contribution in [3.8, 4) is 0 Å². The van der Waals surface area contributed by atoms with E-state index in [1.54, 1.807) is 6.07 Å². The molecule has 0 atom stereocenters. The normalized spacial score (nSPS) is 11.3. The van der Waals surface area contributed by atoms with E-state index in [0.29, 0.717) is 4.88 Å². The van der Waals surface area contributed by atoms with Gasteiger partial charge in [0.1, 0.15) is 0 Å². The van der Waals surface area contributed by atoms with Gasteiger partial charge in [0, 0.05) is 5.56 Å². The number of Topliss-reactive ketones (excluding diaryl/α,β-unsaturated/α-hetero) is 1. The number of carbonyl (C=O) groups excluding carboxylic acids is 2. The van der Waals surface area contributed by atoms with Crippen molar-refractivity contribution in [2.24, 2.45) is 0 Å². The molecule has 7 heteroatoms. The fraction of sp³-hybridized carbons (Fsp3) is 0.200. The molecular weight excluding hydrogens is 315 g/mol. The molecule has 1 amide bonds. The molecule has 0 fully saturated rings. The summed E-state index contributed by atoms with van der Waals surface area (Å²) in [5.41, 5.74) is 0.252. The second-order valence-electron chi connectivity index (χ2n) is 4.67. The Morgan fingerprint density at radius 3 is 2.32 bits per heavy atom. The van der Waals surface area contributed by atoms with Crippen molar-refractivity contribution in [3.63, 3.8) is 0 Å². The van der Waals surface area contributed by atoms with Gasteiger partial charge in [0.15, 0.2) is 5.78 Å². The zero-order valence-electron chi connectivity index (χ0n) is 11.5. The van der Waals surface area contributed by atoms with Crippen LogP contribution in [0.5, 0.6) is 0 Å². The quantitative estimate of drug-likeness (QED) is 0.871. The number of alkyl halides is 3. The maximum atomic E-state index is 12.4. The van der Waals surface area contributed by atoms with E-state index in [4.69, 9.17) is 0 Å². The second-order valence-corrected chi connectivity index (χ2v) is 5.58. The monoisotopic (exact) mass is 327 g/mol. The fourth-order valence-electron chi connectivity index (χ4n) is 1.75. The standard InChI is InChI=1S/C15H12F3NO2S/c1-9-6-13(22-8-9)14(21)19-7-12(20)10-2-4-11(5-3-10)15(16,17)18/h2-6,8H,7H2,1H3,(H,19,21). The Morgan fingerprint density at radius 1 is 1.18 bits per heavy atom. The van der Waals surface area contributed by atoms with Gasteiger partial charge < -0.3 is 5.32 Å². The summed E-state index contributed by atoms with van der Waals surface area (Å²) < 4.78 is 37.3. The molecule has 0 spiro atoms. The van der Waals surface area contributed by atoms with Crippen LogP contribution >= 0.6 is 11.3 Å². The van der Waals surface area contributed by atoms with Crippen LogP contribution < -0.4 is 5.32 Å². The Morgan fingerprint density at radius 2 is 1.82 bits per heavy atom. The first-order chi connectivity index (χ1) is 10.3. The van der Waals surface area contributed by atoms with Crippen LogP contribution in [0, 0.1) is 6.92 Å². The summed E-state index contributed by atoms with van der Waals surface area (Å²) in [5.74, 6) is -0.825. The van der Waals surface area contributed by atoms with E-state index in [1.165, 1.54) is 11.3 Å². The molecule has 0 aliphatic rings. The first-order valence-electron chi connectivity index (χ1n) is 6.31. The molecule has 22 heavy (non-hydrogen) atoms. The Kier molecular flexibility index (Phi) is 4.65. The van der Waals surface area contributed by atoms with E-state index < -0.39 is 17.5 Å². The average Bonchev–Trinajstić information content (AvgIpc) is 2.90. The van der Waals surface area contributed by atoms with Crippen LogP contribution in [0.25, 0.3) is 0 Å². The summed E-state index contributed by atoms with van der Waals surface area (Å²) in [6.45, 7) is 1.59. The molecule has 3 nitrogen and oxygen atoms in total. The van der Waals surface area contributed by atoms with Gasteiger partial charge in [-0.25, -0.2) is 0 Å². The van der Waals surface area contributed by atoms with E-state index in [-0.39, 0.29) is 18.0 Å². The molecule has 2 rings (SSSR count). The molecule has 0 radical (unpaired) electrons. The first kappa shape index (κ1) is 16.2. The Hall–Kier alpha value is -2.15. The van der Waals surface area contributed by atoms with Crippen molar-refractivity contribution in [3.05, 3.63) is 57.3 Å². The number of thiophene rings is 1. The van der Waals surface area contributed by atoms with Crippen molar-refractivity contribution in [1.82, 2.24) is 5.32 Å². The molecule has 0 saturated heterocycles. The van der Waals surface area contributed by atoms with E-state index in [9.17, 15) is 22.8 Å². The molecule has 1 heterocycles. The predicted octanol–water partition coefficient (Wildman–Crippen LogP) is 3.69. The fourth-order valence-corrected chi connectivity index (χ4v) is 2.56. The number of carbonyl (C=O) groups is 2. The Balaban J connectivity index is 1.96. The molecule has 0 aliphatic heterocycles. The van der Waals surface area contributed by atoms with Crippen LogP contribution in [-0.4, -0.2) is 18.2 Å². The van der Waals surface area contributed by atoms with Crippen LogP contribution in [-0.2, 0) is 6.18 Å². The van der Waals surface area contributed by atoms with E-state index in [0.717, 1.165) is 29.8 Å². The summed E-state index contributed by atoms with van der Waals surface area (Å²) in [6, 6.07) is 5.59. The lowest BCUT2D eigenvalue weighted by molar-refractivity contribution is -0.137. The zero-order valence-corrected chi connectivity index (χ0v) is 12.3. The molecule has 2 aromatic rings. The maximum Gasteiger partial charge on any atom is 0.416 e. The van der Waals surface area contributed by atoms with Crippen LogP contribution in [0.3, 0.4) is 0 Å². The maximum absolute atomic E-state index is 12.4. The highest BCUT2D eigenvalue weighted by Gasteiger charge is 2.30. The summed E-state index contributed by atoms with van der Waals surface area (Å²) >= 11 is 1.26. The number of hydrogen-bond donors (Lipinski definition) is 1. The van der Waals surface area contributed by atoms with Crippen molar-refractivity contribution >= 4 is 23.0 Å². The molecule has 0 aliphatic carbocycles. The molecule has 0 saturated carbocycles. The number of amides is 1. The Bertz CT molecular complexity index is 690. The molecule has 1 aromatic carbocycles. The van der Waals surface area contributed by atoms with Gasteiger partial charge in [-0.3, -0.25) is 9.59 Å². The number of halogens is 3. The SMILES string of the molecule is Cc1csc(C(=O)NCC(=O)c2ccc(C(F)(F)F)cc2)c1. The summed E-state index contributed by atoms with van der Waals surface area (Å²) in [4.78, 5) is 24.1. The average molecular weight is 327 g/mol. The number of benzene rings is 1. The zero-order chi connectivity index (χ0) is 16.3. The molecule has 0 unspecified atom stereocenters. The lowest BCUT2D eigenvalue weighted by atomic mass is 10.1. The van der Waals surface area contributed by atoms with Gasteiger partial charge in [-0.1, -0.05) is 12.1 Å². The van der Waals surface area contributed by atoms with Gasteiger partial charge in [0.05, 0.1) is 17.0 Å². The van der Waals surface area contributed by atoms with Crippen LogP contribution in [0.2, 0.25) is 0 Å². The van der Waals surface area contributed by atoms with Gasteiger partial charge in [-0.2, -0.15) is 13.2 Å². The van der Waals surface area contributed by atoms with E-state index in [1.807, 2.05) is 12.3 Å². The highest BCUT2D eigenvalue weighted by molar-refractivity contribution is 7.12. The minimum Gasteiger partial charge on any atom is -0.344 e. The van der Waals surface area contributed by atoms with E-state index >= 15 is 0 Å². The van der Waals surface area contributed by atoms with Gasteiger partial charge in [0.2, 0.25) is 0 Å². The minimum atomic E-state index is -4.44. The number of ketones is 1. The topological polar surface area (TPSA) is 46.2 Å². The van der Waals surface area contributed by atoms with Crippen molar-refractivity contribution < 1.29 is 22.8 Å². The highest BCUT2D eigenvalue weighted by atomic mass is 32.1. The number of rotatable bonds is 4. The van der Waals surface area contributed by atoms with Crippen LogP contribution in [0.1, 0.15) is 31.2 Å². The number of hydrogen-bond acceptors (Lipinski definition) is 3. The van der Waals surface area contributed by atoms with Crippen LogP contribution in [0.4, 0.5) is 13.2 Å². The number of aryl methyl sites for hydroxylation is 1. The lowest BCUT2D eigenvalue weighted by Crippen LogP contribution is -2.29. The molecule has 116 valence electrons. The van der Waals surface area contributed by atoms with Gasteiger partial charge >= 0.3 is 6.18 Å². The van der Waals surface area contributed by atoms with Gasteiger partial charge in [-0.05, 0) is 36.1 Å². The Labute approximate surface area is 128 Å². The predicted molar refractivity (Wildman–Crippen MR) is 77.2 cm³/mol. The second kappa shape index (κ2) is 6.31. The number of nitrogens with one attached hydrogen (secondary N) is 1. The summed E-state index contributed by atoms with van der Waals surface area (Å²) in [6.07, 6.45) is -4.44. The third-order valence-electron chi connectivity index (χ3n) is 2.90.